The molecule has 1 aromatic rings. The summed E-state index contributed by atoms with van der Waals surface area (Å²) in [5, 5.41) is 8.78. The fraction of sp³-hybridized carbons (Fsp3) is 0.462. The smallest absolute Gasteiger partial charge is 0.303 e. The van der Waals surface area contributed by atoms with E-state index in [1.165, 1.54) is 10.5 Å². The molecule has 1 saturated heterocycles. The first-order valence-corrected chi connectivity index (χ1v) is 6.83. The third kappa shape index (κ3) is 2.64. The van der Waals surface area contributed by atoms with Crippen LogP contribution in [0.3, 0.4) is 0 Å². The minimum absolute atomic E-state index is 0.0741. The van der Waals surface area contributed by atoms with Crippen LogP contribution >= 0.6 is 11.8 Å². The molecule has 4 heteroatoms. The summed E-state index contributed by atoms with van der Waals surface area (Å²) in [4.78, 5) is 11.9. The zero-order chi connectivity index (χ0) is 12.3. The van der Waals surface area contributed by atoms with Gasteiger partial charge in [-0.2, -0.15) is 0 Å². The highest BCUT2D eigenvalue weighted by atomic mass is 32.2. The number of hydrogen-bond acceptors (Lipinski definition) is 3. The normalized spacial score (nSPS) is 17.5. The Kier molecular flexibility index (Phi) is 3.74. The molecule has 0 spiro atoms. The Labute approximate surface area is 105 Å². The van der Waals surface area contributed by atoms with Crippen molar-refractivity contribution in [3.8, 4) is 0 Å². The molecule has 1 aliphatic heterocycles. The van der Waals surface area contributed by atoms with Gasteiger partial charge in [0.1, 0.15) is 0 Å². The fourth-order valence-corrected chi connectivity index (χ4v) is 2.50. The maximum absolute atomic E-state index is 10.7. The first-order valence-electron chi connectivity index (χ1n) is 5.60. The number of ether oxygens (including phenoxy) is 1. The number of carboxylic acid groups (broad SMARTS) is 1. The number of rotatable bonds is 5. The molecule has 1 heterocycles. The van der Waals surface area contributed by atoms with E-state index in [9.17, 15) is 4.79 Å². The van der Waals surface area contributed by atoms with Crippen LogP contribution in [0.5, 0.6) is 0 Å². The zero-order valence-corrected chi connectivity index (χ0v) is 10.6. The number of carbonyl (C=O) groups is 1. The summed E-state index contributed by atoms with van der Waals surface area (Å²) >= 11 is 1.71. The van der Waals surface area contributed by atoms with Gasteiger partial charge in [-0.1, -0.05) is 12.1 Å². The van der Waals surface area contributed by atoms with Crippen molar-refractivity contribution in [1.29, 1.82) is 0 Å². The van der Waals surface area contributed by atoms with Crippen molar-refractivity contribution in [1.82, 2.24) is 0 Å². The number of aliphatic carboxylic acids is 1. The fourth-order valence-electron chi connectivity index (χ4n) is 2.09. The summed E-state index contributed by atoms with van der Waals surface area (Å²) in [6.45, 7) is 1.28. The topological polar surface area (TPSA) is 46.5 Å². The van der Waals surface area contributed by atoms with Crippen molar-refractivity contribution in [2.45, 2.75) is 23.2 Å². The Morgan fingerprint density at radius 3 is 2.47 bits per heavy atom. The van der Waals surface area contributed by atoms with Crippen molar-refractivity contribution < 1.29 is 14.6 Å². The summed E-state index contributed by atoms with van der Waals surface area (Å²) in [6, 6.07) is 8.36. The van der Waals surface area contributed by atoms with E-state index < -0.39 is 5.97 Å². The van der Waals surface area contributed by atoms with Crippen molar-refractivity contribution >= 4 is 17.7 Å². The lowest BCUT2D eigenvalue weighted by Crippen LogP contribution is -2.47. The van der Waals surface area contributed by atoms with Crippen LogP contribution in [0.15, 0.2) is 29.2 Å². The van der Waals surface area contributed by atoms with E-state index in [1.54, 1.807) is 11.8 Å². The predicted octanol–water partition coefficient (Wildman–Crippen LogP) is 2.54. The number of hydrogen-bond donors (Lipinski definition) is 1. The maximum Gasteiger partial charge on any atom is 0.303 e. The van der Waals surface area contributed by atoms with Crippen LogP contribution in [0.4, 0.5) is 0 Å². The van der Waals surface area contributed by atoms with Gasteiger partial charge in [0, 0.05) is 16.7 Å². The van der Waals surface area contributed by atoms with Crippen LogP contribution < -0.4 is 0 Å². The molecule has 17 heavy (non-hydrogen) atoms. The average Bonchev–Trinajstić information content (AvgIpc) is 2.28. The molecule has 0 atom stereocenters. The molecule has 0 aliphatic carbocycles. The molecule has 1 fully saturated rings. The van der Waals surface area contributed by atoms with Gasteiger partial charge in [-0.15, -0.1) is 11.8 Å². The minimum atomic E-state index is -0.739. The summed E-state index contributed by atoms with van der Waals surface area (Å²) in [6.07, 6.45) is 2.90. The second kappa shape index (κ2) is 5.10. The van der Waals surface area contributed by atoms with E-state index in [0.29, 0.717) is 19.6 Å². The average molecular weight is 252 g/mol. The van der Waals surface area contributed by atoms with Gasteiger partial charge in [-0.25, -0.2) is 0 Å². The number of carboxylic acids is 1. The van der Waals surface area contributed by atoms with Crippen molar-refractivity contribution in [3.63, 3.8) is 0 Å². The summed E-state index contributed by atoms with van der Waals surface area (Å²) in [5.41, 5.74) is 1.12. The third-order valence-electron chi connectivity index (χ3n) is 3.28. The molecule has 1 aliphatic rings. The molecule has 0 bridgehead atoms. The van der Waals surface area contributed by atoms with Gasteiger partial charge >= 0.3 is 5.97 Å². The molecule has 92 valence electrons. The second-order valence-electron chi connectivity index (χ2n) is 4.40. The monoisotopic (exact) mass is 252 g/mol. The Balaban J connectivity index is 2.13. The van der Waals surface area contributed by atoms with Crippen LogP contribution in [0.1, 0.15) is 18.4 Å². The highest BCUT2D eigenvalue weighted by Crippen LogP contribution is 2.37. The van der Waals surface area contributed by atoms with E-state index in [-0.39, 0.29) is 11.8 Å². The van der Waals surface area contributed by atoms with Crippen LogP contribution in [-0.4, -0.2) is 30.5 Å². The summed E-state index contributed by atoms with van der Waals surface area (Å²) < 4.78 is 5.28. The van der Waals surface area contributed by atoms with Crippen molar-refractivity contribution in [2.24, 2.45) is 0 Å². The Bertz CT molecular complexity index is 396. The van der Waals surface area contributed by atoms with Gasteiger partial charge < -0.3 is 9.84 Å². The zero-order valence-electron chi connectivity index (χ0n) is 9.81. The van der Waals surface area contributed by atoms with Gasteiger partial charge in [-0.3, -0.25) is 4.79 Å². The maximum atomic E-state index is 10.7. The summed E-state index contributed by atoms with van der Waals surface area (Å²) in [7, 11) is 0. The first-order chi connectivity index (χ1) is 8.16. The van der Waals surface area contributed by atoms with Gasteiger partial charge in [0.15, 0.2) is 0 Å². The molecule has 2 rings (SSSR count). The lowest BCUT2D eigenvalue weighted by Gasteiger charge is -2.42. The standard InChI is InChI=1S/C13H16O3S/c1-17-11-4-2-10(3-5-11)13(8-16-9-13)7-6-12(14)15/h2-5H,6-9H2,1H3,(H,14,15). The molecule has 0 saturated carbocycles. The van der Waals surface area contributed by atoms with E-state index in [1.807, 2.05) is 6.26 Å². The Morgan fingerprint density at radius 2 is 2.06 bits per heavy atom. The highest BCUT2D eigenvalue weighted by Gasteiger charge is 2.40. The molecular weight excluding hydrogens is 236 g/mol. The van der Waals surface area contributed by atoms with Crippen LogP contribution in [0, 0.1) is 0 Å². The molecule has 0 aromatic heterocycles. The molecule has 0 amide bonds. The second-order valence-corrected chi connectivity index (χ2v) is 5.28. The lowest BCUT2D eigenvalue weighted by molar-refractivity contribution is -0.139. The number of benzene rings is 1. The Morgan fingerprint density at radius 1 is 1.41 bits per heavy atom. The largest absolute Gasteiger partial charge is 0.481 e. The van der Waals surface area contributed by atoms with E-state index in [0.717, 1.165) is 0 Å². The highest BCUT2D eigenvalue weighted by molar-refractivity contribution is 7.98. The molecule has 1 N–H and O–H groups in total. The van der Waals surface area contributed by atoms with E-state index >= 15 is 0 Å². The van der Waals surface area contributed by atoms with Gasteiger partial charge in [0.2, 0.25) is 0 Å². The quantitative estimate of drug-likeness (QED) is 0.818. The van der Waals surface area contributed by atoms with Crippen LogP contribution in [-0.2, 0) is 14.9 Å². The van der Waals surface area contributed by atoms with Crippen LogP contribution in [0.25, 0.3) is 0 Å². The minimum Gasteiger partial charge on any atom is -0.481 e. The van der Waals surface area contributed by atoms with Crippen molar-refractivity contribution in [2.75, 3.05) is 19.5 Å². The molecule has 0 unspecified atom stereocenters. The summed E-state index contributed by atoms with van der Waals surface area (Å²) in [5.74, 6) is -0.739. The first kappa shape index (κ1) is 12.5. The van der Waals surface area contributed by atoms with Crippen LogP contribution in [0.2, 0.25) is 0 Å². The third-order valence-corrected chi connectivity index (χ3v) is 4.02. The SMILES string of the molecule is CSc1ccc(C2(CCC(=O)O)COC2)cc1. The lowest BCUT2D eigenvalue weighted by atomic mass is 9.75. The van der Waals surface area contributed by atoms with Gasteiger partial charge in [0.05, 0.1) is 13.2 Å². The molecule has 3 nitrogen and oxygen atoms in total. The van der Waals surface area contributed by atoms with Crippen molar-refractivity contribution in [3.05, 3.63) is 29.8 Å². The van der Waals surface area contributed by atoms with Gasteiger partial charge in [-0.05, 0) is 30.4 Å². The number of thioether (sulfide) groups is 1. The molecule has 0 radical (unpaired) electrons. The molecular formula is C13H16O3S. The van der Waals surface area contributed by atoms with Gasteiger partial charge in [0.25, 0.3) is 0 Å². The van der Waals surface area contributed by atoms with E-state index in [4.69, 9.17) is 9.84 Å². The predicted molar refractivity (Wildman–Crippen MR) is 67.6 cm³/mol. The van der Waals surface area contributed by atoms with E-state index in [2.05, 4.69) is 24.3 Å². The Hall–Kier alpha value is -1.00. The molecule has 1 aromatic carbocycles.